The Morgan fingerprint density at radius 2 is 2.46 bits per heavy atom. The number of hydrogen-bond donors (Lipinski definition) is 1. The minimum absolute atomic E-state index is 0.485. The molecule has 70 valence electrons. The molecule has 0 saturated heterocycles. The lowest BCUT2D eigenvalue weighted by Crippen LogP contribution is -1.95. The van der Waals surface area contributed by atoms with Crippen LogP contribution in [0.4, 0.5) is 0 Å². The molecule has 0 aliphatic heterocycles. The highest BCUT2D eigenvalue weighted by Gasteiger charge is 2.12. The topological polar surface area (TPSA) is 33.4 Å². The summed E-state index contributed by atoms with van der Waals surface area (Å²) in [6.45, 7) is 0. The predicted molar refractivity (Wildman–Crippen MR) is 54.1 cm³/mol. The zero-order valence-corrected chi connectivity index (χ0v) is 8.75. The fourth-order valence-electron chi connectivity index (χ4n) is 1.10. The third-order valence-corrected chi connectivity index (χ3v) is 2.45. The number of rotatable bonds is 4. The molecule has 0 fully saturated rings. The number of terminal acetylenes is 1. The van der Waals surface area contributed by atoms with E-state index in [1.165, 1.54) is 0 Å². The molecule has 1 atom stereocenters. The van der Waals surface area contributed by atoms with E-state index in [1.807, 2.05) is 0 Å². The molecule has 0 bridgehead atoms. The maximum atomic E-state index is 9.66. The normalized spacial score (nSPS) is 12.4. The van der Waals surface area contributed by atoms with E-state index in [9.17, 15) is 5.11 Å². The van der Waals surface area contributed by atoms with Gasteiger partial charge in [0, 0.05) is 12.0 Å². The molecule has 1 N–H and O–H groups in total. The van der Waals surface area contributed by atoms with Gasteiger partial charge in [-0.25, -0.2) is 0 Å². The third kappa shape index (κ3) is 2.91. The van der Waals surface area contributed by atoms with Gasteiger partial charge in [-0.3, -0.25) is 0 Å². The predicted octanol–water partition coefficient (Wildman–Crippen LogP) is 2.88. The summed E-state index contributed by atoms with van der Waals surface area (Å²) in [4.78, 5) is 0. The van der Waals surface area contributed by atoms with Crippen molar-refractivity contribution in [2.24, 2.45) is 0 Å². The van der Waals surface area contributed by atoms with Gasteiger partial charge in [-0.2, -0.15) is 0 Å². The number of halogens is 1. The van der Waals surface area contributed by atoms with Crippen LogP contribution in [0.3, 0.4) is 0 Å². The van der Waals surface area contributed by atoms with Crippen molar-refractivity contribution in [2.75, 3.05) is 0 Å². The van der Waals surface area contributed by atoms with Crippen LogP contribution in [0.25, 0.3) is 0 Å². The SMILES string of the molecule is C#CCCCC(O)c1ccoc1Br. The zero-order valence-electron chi connectivity index (χ0n) is 7.16. The van der Waals surface area contributed by atoms with Gasteiger partial charge in [-0.15, -0.1) is 12.3 Å². The second-order valence-electron chi connectivity index (χ2n) is 2.76. The largest absolute Gasteiger partial charge is 0.457 e. The minimum atomic E-state index is -0.485. The van der Waals surface area contributed by atoms with Crippen molar-refractivity contribution in [1.82, 2.24) is 0 Å². The molecule has 0 spiro atoms. The summed E-state index contributed by atoms with van der Waals surface area (Å²) in [7, 11) is 0. The third-order valence-electron chi connectivity index (χ3n) is 1.80. The van der Waals surface area contributed by atoms with Gasteiger partial charge < -0.3 is 9.52 Å². The van der Waals surface area contributed by atoms with Crippen molar-refractivity contribution in [1.29, 1.82) is 0 Å². The number of hydrogen-bond acceptors (Lipinski definition) is 2. The Kier molecular flexibility index (Phi) is 4.07. The summed E-state index contributed by atoms with van der Waals surface area (Å²) in [5.74, 6) is 2.54. The van der Waals surface area contributed by atoms with E-state index in [-0.39, 0.29) is 0 Å². The molecule has 1 rings (SSSR count). The molecule has 1 aromatic heterocycles. The molecule has 13 heavy (non-hydrogen) atoms. The van der Waals surface area contributed by atoms with E-state index >= 15 is 0 Å². The molecule has 1 aromatic rings. The summed E-state index contributed by atoms with van der Waals surface area (Å²) in [6.07, 6.45) is 8.36. The maximum Gasteiger partial charge on any atom is 0.174 e. The van der Waals surface area contributed by atoms with Gasteiger partial charge in [0.25, 0.3) is 0 Å². The van der Waals surface area contributed by atoms with Crippen LogP contribution < -0.4 is 0 Å². The average molecular weight is 243 g/mol. The van der Waals surface area contributed by atoms with Crippen molar-refractivity contribution in [2.45, 2.75) is 25.4 Å². The van der Waals surface area contributed by atoms with Gasteiger partial charge in [-0.05, 0) is 34.8 Å². The van der Waals surface area contributed by atoms with Crippen molar-refractivity contribution >= 4 is 15.9 Å². The van der Waals surface area contributed by atoms with Gasteiger partial charge in [-0.1, -0.05) is 0 Å². The van der Waals surface area contributed by atoms with Crippen LogP contribution in [0.2, 0.25) is 0 Å². The average Bonchev–Trinajstić information content (AvgIpc) is 2.52. The van der Waals surface area contributed by atoms with Crippen LogP contribution in [0.1, 0.15) is 30.9 Å². The Balaban J connectivity index is 2.45. The van der Waals surface area contributed by atoms with Crippen molar-refractivity contribution in [3.05, 3.63) is 22.6 Å². The summed E-state index contributed by atoms with van der Waals surface area (Å²) in [6, 6.07) is 1.75. The second kappa shape index (κ2) is 5.11. The Bertz CT molecular complexity index is 298. The van der Waals surface area contributed by atoms with Crippen molar-refractivity contribution in [3.8, 4) is 12.3 Å². The van der Waals surface area contributed by atoms with Crippen LogP contribution in [-0.2, 0) is 0 Å². The molecule has 0 aliphatic carbocycles. The van der Waals surface area contributed by atoms with E-state index in [1.54, 1.807) is 12.3 Å². The summed E-state index contributed by atoms with van der Waals surface area (Å²) in [5.41, 5.74) is 0.789. The first-order valence-corrected chi connectivity index (χ1v) is 4.89. The van der Waals surface area contributed by atoms with Gasteiger partial charge in [0.15, 0.2) is 4.67 Å². The molecule has 0 aromatic carbocycles. The Labute approximate surface area is 86.1 Å². The number of furan rings is 1. The van der Waals surface area contributed by atoms with Crippen LogP contribution >= 0.6 is 15.9 Å². The van der Waals surface area contributed by atoms with E-state index in [2.05, 4.69) is 21.9 Å². The van der Waals surface area contributed by atoms with E-state index in [0.29, 0.717) is 17.5 Å². The number of aliphatic hydroxyl groups is 1. The molecule has 0 saturated carbocycles. The van der Waals surface area contributed by atoms with Crippen LogP contribution in [0, 0.1) is 12.3 Å². The Hall–Kier alpha value is -0.720. The van der Waals surface area contributed by atoms with Crippen LogP contribution in [-0.4, -0.2) is 5.11 Å². The fourth-order valence-corrected chi connectivity index (χ4v) is 1.60. The monoisotopic (exact) mass is 242 g/mol. The first-order chi connectivity index (χ1) is 6.25. The molecular weight excluding hydrogens is 232 g/mol. The first kappa shape index (κ1) is 10.4. The lowest BCUT2D eigenvalue weighted by atomic mass is 10.1. The lowest BCUT2D eigenvalue weighted by Gasteiger charge is -2.06. The lowest BCUT2D eigenvalue weighted by molar-refractivity contribution is 0.163. The Morgan fingerprint density at radius 3 is 3.00 bits per heavy atom. The zero-order chi connectivity index (χ0) is 9.68. The van der Waals surface area contributed by atoms with Gasteiger partial charge in [0.2, 0.25) is 0 Å². The second-order valence-corrected chi connectivity index (χ2v) is 3.48. The molecule has 3 heteroatoms. The summed E-state index contributed by atoms with van der Waals surface area (Å²) in [5, 5.41) is 9.66. The quantitative estimate of drug-likeness (QED) is 0.651. The summed E-state index contributed by atoms with van der Waals surface area (Å²) >= 11 is 3.21. The molecule has 0 radical (unpaired) electrons. The molecule has 0 aliphatic rings. The van der Waals surface area contributed by atoms with E-state index in [0.717, 1.165) is 12.0 Å². The highest BCUT2D eigenvalue weighted by molar-refractivity contribution is 9.10. The smallest absolute Gasteiger partial charge is 0.174 e. The minimum Gasteiger partial charge on any atom is -0.457 e. The molecule has 0 amide bonds. The van der Waals surface area contributed by atoms with Gasteiger partial charge >= 0.3 is 0 Å². The first-order valence-electron chi connectivity index (χ1n) is 4.10. The molecule has 1 heterocycles. The molecule has 2 nitrogen and oxygen atoms in total. The highest BCUT2D eigenvalue weighted by Crippen LogP contribution is 2.27. The van der Waals surface area contributed by atoms with E-state index < -0.39 is 6.10 Å². The van der Waals surface area contributed by atoms with Gasteiger partial charge in [0.05, 0.1) is 12.4 Å². The number of aliphatic hydroxyl groups excluding tert-OH is 1. The molecule has 1 unspecified atom stereocenters. The van der Waals surface area contributed by atoms with Crippen molar-refractivity contribution in [3.63, 3.8) is 0 Å². The molecular formula is C10H11BrO2. The fraction of sp³-hybridized carbons (Fsp3) is 0.400. The van der Waals surface area contributed by atoms with Crippen molar-refractivity contribution < 1.29 is 9.52 Å². The van der Waals surface area contributed by atoms with Crippen LogP contribution in [0.5, 0.6) is 0 Å². The van der Waals surface area contributed by atoms with Gasteiger partial charge in [0.1, 0.15) is 0 Å². The summed E-state index contributed by atoms with van der Waals surface area (Å²) < 4.78 is 5.61. The Morgan fingerprint density at radius 1 is 1.69 bits per heavy atom. The highest BCUT2D eigenvalue weighted by atomic mass is 79.9. The number of unbranched alkanes of at least 4 members (excludes halogenated alkanes) is 1. The maximum absolute atomic E-state index is 9.66. The van der Waals surface area contributed by atoms with E-state index in [4.69, 9.17) is 10.8 Å². The standard InChI is InChI=1S/C10H11BrO2/c1-2-3-4-5-9(12)8-6-7-13-10(8)11/h1,6-7,9,12H,3-5H2. The van der Waals surface area contributed by atoms with Crippen LogP contribution in [0.15, 0.2) is 21.4 Å².